The van der Waals surface area contributed by atoms with Crippen molar-refractivity contribution in [1.29, 1.82) is 0 Å². The van der Waals surface area contributed by atoms with E-state index in [1.54, 1.807) is 33.9 Å². The standard InChI is InChI=1S/C24H28ClN3O3S/c1-6-15-11-12-18(17-10-8-7-9-16(15)17)28-19(25)13-26-23(28)32-24(4,5)22(31)27-20(14(2)3)21(29)30/h7-14,20H,6H2,1-5H3,(H,27,31)(H,29,30). The van der Waals surface area contributed by atoms with Crippen molar-refractivity contribution >= 4 is 46.0 Å². The minimum absolute atomic E-state index is 0.239. The number of halogens is 1. The summed E-state index contributed by atoms with van der Waals surface area (Å²) in [5, 5.41) is 15.3. The lowest BCUT2D eigenvalue weighted by Gasteiger charge is -2.27. The number of hydrogen-bond donors (Lipinski definition) is 2. The number of benzene rings is 2. The summed E-state index contributed by atoms with van der Waals surface area (Å²) in [5.41, 5.74) is 2.12. The van der Waals surface area contributed by atoms with Crippen molar-refractivity contribution in [1.82, 2.24) is 14.9 Å². The van der Waals surface area contributed by atoms with Crippen molar-refractivity contribution in [2.24, 2.45) is 5.92 Å². The number of hydrogen-bond acceptors (Lipinski definition) is 4. The highest BCUT2D eigenvalue weighted by atomic mass is 35.5. The SMILES string of the molecule is CCc1ccc(-n2c(Cl)cnc2SC(C)(C)C(=O)NC(C(=O)O)C(C)C)c2ccccc12. The second kappa shape index (κ2) is 9.55. The van der Waals surface area contributed by atoms with E-state index < -0.39 is 16.8 Å². The fraction of sp³-hybridized carbons (Fsp3) is 0.375. The second-order valence-electron chi connectivity index (χ2n) is 8.49. The number of aromatic nitrogens is 2. The maximum absolute atomic E-state index is 13.0. The predicted molar refractivity (Wildman–Crippen MR) is 130 cm³/mol. The van der Waals surface area contributed by atoms with Gasteiger partial charge in [0, 0.05) is 5.39 Å². The van der Waals surface area contributed by atoms with Crippen molar-refractivity contribution in [3.05, 3.63) is 53.3 Å². The summed E-state index contributed by atoms with van der Waals surface area (Å²) in [5.74, 6) is -1.67. The summed E-state index contributed by atoms with van der Waals surface area (Å²) in [6.45, 7) is 9.14. The molecule has 0 spiro atoms. The molecular weight excluding hydrogens is 446 g/mol. The van der Waals surface area contributed by atoms with Crippen molar-refractivity contribution in [2.75, 3.05) is 0 Å². The zero-order valence-electron chi connectivity index (χ0n) is 18.8. The van der Waals surface area contributed by atoms with Crippen LogP contribution in [0.5, 0.6) is 0 Å². The van der Waals surface area contributed by atoms with Gasteiger partial charge in [0.15, 0.2) is 5.16 Å². The molecule has 0 radical (unpaired) electrons. The number of carbonyl (C=O) groups excluding carboxylic acids is 1. The second-order valence-corrected chi connectivity index (χ2v) is 10.5. The quantitative estimate of drug-likeness (QED) is 0.431. The molecule has 0 saturated carbocycles. The molecule has 3 aromatic rings. The number of fused-ring (bicyclic) bond motifs is 1. The van der Waals surface area contributed by atoms with Crippen LogP contribution in [-0.4, -0.2) is 37.3 Å². The number of rotatable bonds is 8. The van der Waals surface area contributed by atoms with Crippen LogP contribution < -0.4 is 5.32 Å². The zero-order valence-corrected chi connectivity index (χ0v) is 20.4. The summed E-state index contributed by atoms with van der Waals surface area (Å²) < 4.78 is 0.855. The summed E-state index contributed by atoms with van der Waals surface area (Å²) in [7, 11) is 0. The minimum atomic E-state index is -1.05. The van der Waals surface area contributed by atoms with Crippen molar-refractivity contribution < 1.29 is 14.7 Å². The highest BCUT2D eigenvalue weighted by molar-refractivity contribution is 8.01. The van der Waals surface area contributed by atoms with Crippen LogP contribution in [0.15, 0.2) is 47.8 Å². The third kappa shape index (κ3) is 4.79. The summed E-state index contributed by atoms with van der Waals surface area (Å²) >= 11 is 7.78. The average Bonchev–Trinajstić information content (AvgIpc) is 3.09. The van der Waals surface area contributed by atoms with E-state index in [2.05, 4.69) is 29.4 Å². The van der Waals surface area contributed by atoms with E-state index in [-0.39, 0.29) is 11.8 Å². The van der Waals surface area contributed by atoms with E-state index in [0.29, 0.717) is 10.3 Å². The van der Waals surface area contributed by atoms with Crippen LogP contribution >= 0.6 is 23.4 Å². The number of aliphatic carboxylic acids is 1. The monoisotopic (exact) mass is 473 g/mol. The van der Waals surface area contributed by atoms with Crippen LogP contribution in [0.4, 0.5) is 0 Å². The first kappa shape index (κ1) is 24.1. The van der Waals surface area contributed by atoms with E-state index >= 15 is 0 Å². The Labute approximate surface area is 197 Å². The van der Waals surface area contributed by atoms with E-state index in [1.165, 1.54) is 17.3 Å². The predicted octanol–water partition coefficient (Wildman–Crippen LogP) is 5.34. The Morgan fingerprint density at radius 3 is 2.44 bits per heavy atom. The van der Waals surface area contributed by atoms with Gasteiger partial charge < -0.3 is 10.4 Å². The number of nitrogens with zero attached hydrogens (tertiary/aromatic N) is 2. The number of imidazole rings is 1. The largest absolute Gasteiger partial charge is 0.480 e. The van der Waals surface area contributed by atoms with E-state index in [9.17, 15) is 14.7 Å². The highest BCUT2D eigenvalue weighted by Gasteiger charge is 2.35. The maximum atomic E-state index is 13.0. The molecule has 1 atom stereocenters. The number of amides is 1. The maximum Gasteiger partial charge on any atom is 0.326 e. The molecule has 1 unspecified atom stereocenters. The first-order chi connectivity index (χ1) is 15.1. The van der Waals surface area contributed by atoms with Crippen LogP contribution in [0.1, 0.15) is 40.2 Å². The minimum Gasteiger partial charge on any atom is -0.480 e. The molecule has 0 fully saturated rings. The molecule has 0 aliphatic rings. The fourth-order valence-electron chi connectivity index (χ4n) is 3.56. The molecule has 6 nitrogen and oxygen atoms in total. The Hall–Kier alpha value is -2.51. The van der Waals surface area contributed by atoms with Crippen molar-refractivity contribution in [2.45, 2.75) is 57.0 Å². The molecule has 2 N–H and O–H groups in total. The molecule has 1 aromatic heterocycles. The Balaban J connectivity index is 1.99. The van der Waals surface area contributed by atoms with Gasteiger partial charge in [0.25, 0.3) is 0 Å². The Morgan fingerprint density at radius 2 is 1.84 bits per heavy atom. The Bertz CT molecular complexity index is 1160. The molecule has 1 heterocycles. The number of thioether (sulfide) groups is 1. The van der Waals surface area contributed by atoms with Crippen LogP contribution in [0.3, 0.4) is 0 Å². The molecule has 2 aromatic carbocycles. The fourth-order valence-corrected chi connectivity index (χ4v) is 4.83. The van der Waals surface area contributed by atoms with Gasteiger partial charge in [0.05, 0.1) is 16.6 Å². The van der Waals surface area contributed by atoms with Gasteiger partial charge in [-0.3, -0.25) is 9.36 Å². The van der Waals surface area contributed by atoms with Crippen molar-refractivity contribution in [3.63, 3.8) is 0 Å². The molecule has 1 amide bonds. The molecule has 8 heteroatoms. The molecule has 0 bridgehead atoms. The van der Waals surface area contributed by atoms with Gasteiger partial charge in [0.2, 0.25) is 5.91 Å². The first-order valence-electron chi connectivity index (χ1n) is 10.5. The van der Waals surface area contributed by atoms with Crippen LogP contribution in [0.2, 0.25) is 5.15 Å². The van der Waals surface area contributed by atoms with Crippen LogP contribution in [-0.2, 0) is 16.0 Å². The third-order valence-electron chi connectivity index (χ3n) is 5.41. The lowest BCUT2D eigenvalue weighted by Crippen LogP contribution is -2.50. The number of carboxylic acids is 1. The van der Waals surface area contributed by atoms with Crippen LogP contribution in [0, 0.1) is 5.92 Å². The van der Waals surface area contributed by atoms with Gasteiger partial charge in [-0.1, -0.05) is 74.5 Å². The van der Waals surface area contributed by atoms with E-state index in [4.69, 9.17) is 11.6 Å². The van der Waals surface area contributed by atoms with Gasteiger partial charge >= 0.3 is 5.97 Å². The lowest BCUT2D eigenvalue weighted by molar-refractivity contribution is -0.143. The Kier molecular flexibility index (Phi) is 7.20. The molecular formula is C24H28ClN3O3S. The van der Waals surface area contributed by atoms with Gasteiger partial charge in [-0.05, 0) is 43.2 Å². The number of aryl methyl sites for hydroxylation is 1. The topological polar surface area (TPSA) is 84.2 Å². The normalized spacial score (nSPS) is 12.8. The number of carbonyl (C=O) groups is 2. The molecule has 3 rings (SSSR count). The summed E-state index contributed by atoms with van der Waals surface area (Å²) in [4.78, 5) is 29.0. The zero-order chi connectivity index (χ0) is 23.6. The van der Waals surface area contributed by atoms with E-state index in [0.717, 1.165) is 22.9 Å². The van der Waals surface area contributed by atoms with Gasteiger partial charge in [-0.25, -0.2) is 9.78 Å². The average molecular weight is 474 g/mol. The van der Waals surface area contributed by atoms with E-state index in [1.807, 2.05) is 28.8 Å². The lowest BCUT2D eigenvalue weighted by atomic mass is 10.0. The van der Waals surface area contributed by atoms with Crippen molar-refractivity contribution in [3.8, 4) is 5.69 Å². The smallest absolute Gasteiger partial charge is 0.326 e. The molecule has 0 aliphatic carbocycles. The van der Waals surface area contributed by atoms with Crippen LogP contribution in [0.25, 0.3) is 16.5 Å². The number of nitrogens with one attached hydrogen (secondary N) is 1. The molecule has 32 heavy (non-hydrogen) atoms. The molecule has 0 saturated heterocycles. The first-order valence-corrected chi connectivity index (χ1v) is 11.7. The molecule has 0 aliphatic heterocycles. The molecule has 170 valence electrons. The number of carboxylic acid groups (broad SMARTS) is 1. The van der Waals surface area contributed by atoms with Gasteiger partial charge in [0.1, 0.15) is 11.2 Å². The Morgan fingerprint density at radius 1 is 1.19 bits per heavy atom. The summed E-state index contributed by atoms with van der Waals surface area (Å²) in [6, 6.07) is 11.3. The third-order valence-corrected chi connectivity index (χ3v) is 6.85. The van der Waals surface area contributed by atoms with Gasteiger partial charge in [-0.2, -0.15) is 0 Å². The van der Waals surface area contributed by atoms with Gasteiger partial charge in [-0.15, -0.1) is 0 Å². The summed E-state index contributed by atoms with van der Waals surface area (Å²) in [6.07, 6.45) is 2.47. The highest BCUT2D eigenvalue weighted by Crippen LogP contribution is 2.37.